The monoisotopic (exact) mass is 480 g/mol. The molecule has 2 aromatic rings. The van der Waals surface area contributed by atoms with Crippen molar-refractivity contribution in [3.8, 4) is 0 Å². The molecule has 0 radical (unpaired) electrons. The van der Waals surface area contributed by atoms with Crippen molar-refractivity contribution < 1.29 is 4.74 Å². The average molecular weight is 481 g/mol. The van der Waals surface area contributed by atoms with E-state index < -0.39 is 0 Å². The minimum atomic E-state index is 0.200. The summed E-state index contributed by atoms with van der Waals surface area (Å²) >= 11 is 0. The highest BCUT2D eigenvalue weighted by Crippen LogP contribution is 2.36. The summed E-state index contributed by atoms with van der Waals surface area (Å²) in [5.74, 6) is 3.36. The van der Waals surface area contributed by atoms with Crippen LogP contribution in [-0.4, -0.2) is 64.0 Å². The molecule has 5 rings (SSSR count). The summed E-state index contributed by atoms with van der Waals surface area (Å²) in [5, 5.41) is 17.2. The number of aromatic nitrogens is 4. The van der Waals surface area contributed by atoms with Crippen LogP contribution in [0.3, 0.4) is 0 Å². The lowest BCUT2D eigenvalue weighted by atomic mass is 9.82. The molecule has 7 heteroatoms. The van der Waals surface area contributed by atoms with E-state index in [1.54, 1.807) is 0 Å². The summed E-state index contributed by atoms with van der Waals surface area (Å²) in [6, 6.07) is 11.9. The molecule has 192 valence electrons. The normalized spacial score (nSPS) is 25.2. The van der Waals surface area contributed by atoms with Gasteiger partial charge in [0.05, 0.1) is 12.6 Å². The van der Waals surface area contributed by atoms with Crippen LogP contribution in [-0.2, 0) is 11.3 Å². The van der Waals surface area contributed by atoms with Crippen LogP contribution in [0.4, 0.5) is 0 Å². The number of hydrogen-bond acceptors (Lipinski definition) is 6. The van der Waals surface area contributed by atoms with Crippen LogP contribution in [0.2, 0.25) is 0 Å². The van der Waals surface area contributed by atoms with Gasteiger partial charge in [0.1, 0.15) is 0 Å². The summed E-state index contributed by atoms with van der Waals surface area (Å²) in [6.45, 7) is 10.6. The molecule has 0 bridgehead atoms. The third kappa shape index (κ3) is 6.12. The molecule has 2 aliphatic heterocycles. The minimum Gasteiger partial charge on any atom is -0.381 e. The summed E-state index contributed by atoms with van der Waals surface area (Å²) in [6.07, 6.45) is 8.60. The number of nitrogens with zero attached hydrogens (tertiary/aromatic N) is 5. The molecule has 1 unspecified atom stereocenters. The van der Waals surface area contributed by atoms with Gasteiger partial charge in [0.15, 0.2) is 5.82 Å². The van der Waals surface area contributed by atoms with E-state index in [0.29, 0.717) is 23.8 Å². The number of benzene rings is 1. The number of tetrazole rings is 1. The lowest BCUT2D eigenvalue weighted by Gasteiger charge is -2.40. The molecule has 3 heterocycles. The highest BCUT2D eigenvalue weighted by atomic mass is 16.5. The predicted octanol–water partition coefficient (Wildman–Crippen LogP) is 4.43. The number of ether oxygens (including phenoxy) is 1. The van der Waals surface area contributed by atoms with Crippen molar-refractivity contribution in [2.45, 2.75) is 83.3 Å². The summed E-state index contributed by atoms with van der Waals surface area (Å²) < 4.78 is 8.07. The molecule has 1 N–H and O–H groups in total. The molecular weight excluding hydrogens is 436 g/mol. The van der Waals surface area contributed by atoms with Crippen molar-refractivity contribution in [1.29, 1.82) is 0 Å². The Bertz CT molecular complexity index is 888. The lowest BCUT2D eigenvalue weighted by molar-refractivity contribution is 0.0364. The van der Waals surface area contributed by atoms with Gasteiger partial charge in [-0.2, -0.15) is 0 Å². The van der Waals surface area contributed by atoms with Crippen LogP contribution in [0.1, 0.15) is 82.1 Å². The first-order valence-electron chi connectivity index (χ1n) is 14.1. The number of hydrogen-bond donors (Lipinski definition) is 1. The fraction of sp³-hybridized carbons (Fsp3) is 0.750. The molecule has 0 spiro atoms. The van der Waals surface area contributed by atoms with E-state index in [0.717, 1.165) is 44.5 Å². The van der Waals surface area contributed by atoms with Crippen LogP contribution in [0.25, 0.3) is 0 Å². The zero-order valence-electron chi connectivity index (χ0n) is 21.7. The number of likely N-dealkylation sites (tertiary alicyclic amines) is 1. The largest absolute Gasteiger partial charge is 0.381 e. The zero-order valence-corrected chi connectivity index (χ0v) is 21.7. The van der Waals surface area contributed by atoms with Gasteiger partial charge in [-0.15, -0.1) is 5.10 Å². The fourth-order valence-corrected chi connectivity index (χ4v) is 6.42. The van der Waals surface area contributed by atoms with Crippen molar-refractivity contribution in [2.24, 2.45) is 17.8 Å². The van der Waals surface area contributed by atoms with Crippen molar-refractivity contribution >= 4 is 0 Å². The molecule has 35 heavy (non-hydrogen) atoms. The van der Waals surface area contributed by atoms with Gasteiger partial charge in [-0.05, 0) is 91.8 Å². The Kier molecular flexibility index (Phi) is 8.47. The Morgan fingerprint density at radius 2 is 1.80 bits per heavy atom. The van der Waals surface area contributed by atoms with Gasteiger partial charge in [-0.25, -0.2) is 4.68 Å². The van der Waals surface area contributed by atoms with Crippen LogP contribution < -0.4 is 5.32 Å². The van der Waals surface area contributed by atoms with E-state index in [1.807, 2.05) is 0 Å². The molecule has 1 aliphatic carbocycles. The van der Waals surface area contributed by atoms with Crippen LogP contribution in [0.5, 0.6) is 0 Å². The number of rotatable bonds is 11. The molecule has 1 aromatic carbocycles. The van der Waals surface area contributed by atoms with E-state index in [2.05, 4.69) is 74.6 Å². The van der Waals surface area contributed by atoms with E-state index in [4.69, 9.17) is 4.74 Å². The van der Waals surface area contributed by atoms with Gasteiger partial charge >= 0.3 is 0 Å². The van der Waals surface area contributed by atoms with Gasteiger partial charge in [-0.1, -0.05) is 44.2 Å². The van der Waals surface area contributed by atoms with Gasteiger partial charge in [0.2, 0.25) is 0 Å². The Balaban J connectivity index is 1.30. The topological polar surface area (TPSA) is 68.1 Å². The minimum absolute atomic E-state index is 0.200. The van der Waals surface area contributed by atoms with Crippen molar-refractivity contribution in [3.05, 3.63) is 41.7 Å². The maximum atomic E-state index is 5.96. The first-order valence-corrected chi connectivity index (χ1v) is 14.1. The highest BCUT2D eigenvalue weighted by molar-refractivity contribution is 5.21. The Labute approximate surface area is 211 Å². The van der Waals surface area contributed by atoms with Crippen molar-refractivity contribution in [2.75, 3.05) is 32.8 Å². The first kappa shape index (κ1) is 24.8. The molecule has 2 saturated heterocycles. The smallest absolute Gasteiger partial charge is 0.168 e. The SMILES string of the molecule is CCC(CC)N1CCC(C(NC[C@@H]2COCC[C@@H]2c2ccccc2)c2nnnn2CC2CC2)CC1. The summed E-state index contributed by atoms with van der Waals surface area (Å²) in [7, 11) is 0. The second kappa shape index (κ2) is 11.9. The molecule has 1 saturated carbocycles. The molecule has 3 aliphatic rings. The fourth-order valence-electron chi connectivity index (χ4n) is 6.42. The number of nitrogens with one attached hydrogen (secondary N) is 1. The number of piperidine rings is 1. The maximum absolute atomic E-state index is 5.96. The van der Waals surface area contributed by atoms with E-state index >= 15 is 0 Å². The van der Waals surface area contributed by atoms with E-state index in [9.17, 15) is 0 Å². The highest BCUT2D eigenvalue weighted by Gasteiger charge is 2.35. The molecule has 7 nitrogen and oxygen atoms in total. The third-order valence-electron chi connectivity index (χ3n) is 8.77. The van der Waals surface area contributed by atoms with Crippen molar-refractivity contribution in [1.82, 2.24) is 30.4 Å². The molecule has 0 amide bonds. The molecular formula is C28H44N6O. The molecule has 1 aromatic heterocycles. The lowest BCUT2D eigenvalue weighted by Crippen LogP contribution is -2.45. The van der Waals surface area contributed by atoms with E-state index in [1.165, 1.54) is 57.2 Å². The second-order valence-corrected chi connectivity index (χ2v) is 11.0. The van der Waals surface area contributed by atoms with Gasteiger partial charge in [0.25, 0.3) is 0 Å². The Hall–Kier alpha value is -1.83. The van der Waals surface area contributed by atoms with E-state index in [-0.39, 0.29) is 6.04 Å². The maximum Gasteiger partial charge on any atom is 0.168 e. The Morgan fingerprint density at radius 3 is 2.51 bits per heavy atom. The summed E-state index contributed by atoms with van der Waals surface area (Å²) in [5.41, 5.74) is 1.44. The second-order valence-electron chi connectivity index (χ2n) is 11.0. The third-order valence-corrected chi connectivity index (χ3v) is 8.77. The predicted molar refractivity (Wildman–Crippen MR) is 138 cm³/mol. The van der Waals surface area contributed by atoms with Crippen molar-refractivity contribution in [3.63, 3.8) is 0 Å². The Morgan fingerprint density at radius 1 is 1.03 bits per heavy atom. The summed E-state index contributed by atoms with van der Waals surface area (Å²) in [4.78, 5) is 2.71. The first-order chi connectivity index (χ1) is 17.3. The van der Waals surface area contributed by atoms with Crippen LogP contribution >= 0.6 is 0 Å². The van der Waals surface area contributed by atoms with Gasteiger partial charge in [0, 0.05) is 31.7 Å². The standard InChI is InChI=1S/C28H44N6O/c1-3-25(4-2)33-15-12-23(13-16-33)27(28-30-31-32-34(28)19-21-10-11-21)29-18-24-20-35-17-14-26(24)22-8-6-5-7-9-22/h5-9,21,23-27,29H,3-4,10-20H2,1-2H3/t24-,26-,27?/m1/s1. The van der Waals surface area contributed by atoms with Gasteiger partial charge < -0.3 is 15.0 Å². The van der Waals surface area contributed by atoms with Crippen LogP contribution in [0.15, 0.2) is 30.3 Å². The quantitative estimate of drug-likeness (QED) is 0.513. The van der Waals surface area contributed by atoms with Gasteiger partial charge in [-0.3, -0.25) is 0 Å². The average Bonchev–Trinajstić information content (AvgIpc) is 3.62. The molecule has 3 atom stereocenters. The molecule has 3 fully saturated rings. The van der Waals surface area contributed by atoms with Crippen LogP contribution in [0, 0.1) is 17.8 Å². The zero-order chi connectivity index (χ0) is 24.0.